The van der Waals surface area contributed by atoms with Crippen LogP contribution in [0.4, 0.5) is 0 Å². The Morgan fingerprint density at radius 1 is 1.03 bits per heavy atom. The second-order valence-electron chi connectivity index (χ2n) is 8.02. The van der Waals surface area contributed by atoms with Crippen LogP contribution >= 0.6 is 0 Å². The first-order valence-corrected chi connectivity index (χ1v) is 11.4. The highest BCUT2D eigenvalue weighted by Gasteiger charge is 2.01. The summed E-state index contributed by atoms with van der Waals surface area (Å²) in [6.07, 6.45) is 13.9. The summed E-state index contributed by atoms with van der Waals surface area (Å²) in [5, 5.41) is 5.43. The van der Waals surface area contributed by atoms with Crippen molar-refractivity contribution in [2.75, 3.05) is 6.61 Å². The largest absolute Gasteiger partial charge is 0.494 e. The van der Waals surface area contributed by atoms with Crippen LogP contribution < -0.4 is 10.1 Å². The van der Waals surface area contributed by atoms with E-state index in [1.165, 1.54) is 36.5 Å². The Kier molecular flexibility index (Phi) is 10.8. The summed E-state index contributed by atoms with van der Waals surface area (Å²) in [6, 6.07) is 14.9. The number of hydrogen-bond donors (Lipinski definition) is 1. The van der Waals surface area contributed by atoms with E-state index in [-0.39, 0.29) is 11.9 Å². The zero-order chi connectivity index (χ0) is 21.6. The Hall–Kier alpha value is -2.55. The lowest BCUT2D eigenvalue weighted by molar-refractivity contribution is -0.117. The van der Waals surface area contributed by atoms with E-state index in [0.29, 0.717) is 0 Å². The molecular formula is C27H37NO2. The second-order valence-corrected chi connectivity index (χ2v) is 8.02. The average Bonchev–Trinajstić information content (AvgIpc) is 2.74. The van der Waals surface area contributed by atoms with E-state index in [9.17, 15) is 4.79 Å². The molecular weight excluding hydrogens is 370 g/mol. The Bertz CT molecular complexity index is 838. The van der Waals surface area contributed by atoms with Crippen molar-refractivity contribution in [2.24, 2.45) is 0 Å². The van der Waals surface area contributed by atoms with Crippen LogP contribution in [0.5, 0.6) is 5.75 Å². The first kappa shape index (κ1) is 23.7. The van der Waals surface area contributed by atoms with E-state index in [0.717, 1.165) is 37.2 Å². The van der Waals surface area contributed by atoms with Crippen LogP contribution in [0.15, 0.2) is 66.3 Å². The molecule has 1 amide bonds. The molecule has 0 fully saturated rings. The number of carbonyl (C=O) groups is 1. The fourth-order valence-electron chi connectivity index (χ4n) is 3.25. The standard InChI is InChI=1S/C27H37NO2/c1-4-23(3)28-27(29)20-22(2)14-10-8-6-5-7-9-13-19-30-26-18-17-24-15-11-12-16-25(24)21-26/h10-12,14-18,20-21,23H,4-9,13,19H2,1-3H3,(H,28,29). The predicted octanol–water partition coefficient (Wildman–Crippen LogP) is 6.98. The van der Waals surface area contributed by atoms with Crippen molar-refractivity contribution >= 4 is 16.7 Å². The minimum absolute atomic E-state index is 0.00240. The molecule has 3 nitrogen and oxygen atoms in total. The average molecular weight is 408 g/mol. The third-order valence-corrected chi connectivity index (χ3v) is 5.25. The Morgan fingerprint density at radius 2 is 1.77 bits per heavy atom. The maximum Gasteiger partial charge on any atom is 0.244 e. The third-order valence-electron chi connectivity index (χ3n) is 5.25. The lowest BCUT2D eigenvalue weighted by atomic mass is 10.1. The summed E-state index contributed by atoms with van der Waals surface area (Å²) in [5.74, 6) is 0.956. The maximum atomic E-state index is 11.8. The molecule has 30 heavy (non-hydrogen) atoms. The summed E-state index contributed by atoms with van der Waals surface area (Å²) in [7, 11) is 0. The van der Waals surface area contributed by atoms with E-state index >= 15 is 0 Å². The van der Waals surface area contributed by atoms with Gasteiger partial charge in [-0.25, -0.2) is 0 Å². The summed E-state index contributed by atoms with van der Waals surface area (Å²) in [4.78, 5) is 11.8. The zero-order valence-electron chi connectivity index (χ0n) is 18.8. The van der Waals surface area contributed by atoms with Crippen LogP contribution in [0.3, 0.4) is 0 Å². The first-order valence-electron chi connectivity index (χ1n) is 11.4. The molecule has 0 radical (unpaired) electrons. The molecule has 0 saturated heterocycles. The minimum atomic E-state index is -0.00240. The minimum Gasteiger partial charge on any atom is -0.494 e. The van der Waals surface area contributed by atoms with Crippen molar-refractivity contribution in [2.45, 2.75) is 71.8 Å². The van der Waals surface area contributed by atoms with Gasteiger partial charge in [-0.1, -0.05) is 68.7 Å². The molecule has 2 rings (SSSR count). The van der Waals surface area contributed by atoms with Gasteiger partial charge in [0.05, 0.1) is 6.61 Å². The molecule has 3 heteroatoms. The van der Waals surface area contributed by atoms with Crippen LogP contribution in [-0.4, -0.2) is 18.6 Å². The Balaban J connectivity index is 1.51. The molecule has 0 bridgehead atoms. The van der Waals surface area contributed by atoms with E-state index in [1.807, 2.05) is 19.9 Å². The monoisotopic (exact) mass is 407 g/mol. The predicted molar refractivity (Wildman–Crippen MR) is 128 cm³/mol. The van der Waals surface area contributed by atoms with Crippen LogP contribution in [0.25, 0.3) is 10.8 Å². The van der Waals surface area contributed by atoms with Crippen LogP contribution in [0, 0.1) is 0 Å². The maximum absolute atomic E-state index is 11.8. The van der Waals surface area contributed by atoms with Crippen molar-refractivity contribution in [1.82, 2.24) is 5.32 Å². The number of fused-ring (bicyclic) bond motifs is 1. The van der Waals surface area contributed by atoms with Crippen molar-refractivity contribution < 1.29 is 9.53 Å². The third kappa shape index (κ3) is 9.30. The highest BCUT2D eigenvalue weighted by molar-refractivity contribution is 5.88. The number of rotatable bonds is 13. The number of hydrogen-bond acceptors (Lipinski definition) is 2. The van der Waals surface area contributed by atoms with Crippen molar-refractivity contribution in [3.63, 3.8) is 0 Å². The summed E-state index contributed by atoms with van der Waals surface area (Å²) in [5.41, 5.74) is 1.00. The number of benzene rings is 2. The molecule has 1 atom stereocenters. The fourth-order valence-corrected chi connectivity index (χ4v) is 3.25. The van der Waals surface area contributed by atoms with Gasteiger partial charge in [0, 0.05) is 12.1 Å². The fraction of sp³-hybridized carbons (Fsp3) is 0.444. The van der Waals surface area contributed by atoms with Gasteiger partial charge in [0.1, 0.15) is 5.75 Å². The van der Waals surface area contributed by atoms with Gasteiger partial charge in [0.15, 0.2) is 0 Å². The molecule has 1 N–H and O–H groups in total. The first-order chi connectivity index (χ1) is 14.6. The highest BCUT2D eigenvalue weighted by atomic mass is 16.5. The van der Waals surface area contributed by atoms with Crippen LogP contribution in [0.1, 0.15) is 65.7 Å². The molecule has 0 aromatic heterocycles. The quantitative estimate of drug-likeness (QED) is 0.221. The van der Waals surface area contributed by atoms with Gasteiger partial charge in [0.25, 0.3) is 0 Å². The van der Waals surface area contributed by atoms with Crippen molar-refractivity contribution in [3.05, 3.63) is 66.3 Å². The van der Waals surface area contributed by atoms with Crippen LogP contribution in [0.2, 0.25) is 0 Å². The molecule has 0 aliphatic carbocycles. The molecule has 2 aromatic rings. The molecule has 162 valence electrons. The summed E-state index contributed by atoms with van der Waals surface area (Å²) in [6.45, 7) is 6.84. The molecule has 2 aromatic carbocycles. The van der Waals surface area contributed by atoms with Gasteiger partial charge in [-0.2, -0.15) is 0 Å². The van der Waals surface area contributed by atoms with Gasteiger partial charge in [-0.05, 0) is 68.0 Å². The van der Waals surface area contributed by atoms with Gasteiger partial charge >= 0.3 is 0 Å². The number of nitrogens with one attached hydrogen (secondary N) is 1. The van der Waals surface area contributed by atoms with Gasteiger partial charge < -0.3 is 10.1 Å². The van der Waals surface area contributed by atoms with Crippen molar-refractivity contribution in [3.8, 4) is 5.75 Å². The van der Waals surface area contributed by atoms with E-state index < -0.39 is 0 Å². The van der Waals surface area contributed by atoms with Gasteiger partial charge in [-0.15, -0.1) is 0 Å². The number of allylic oxidation sites excluding steroid dienone is 3. The molecule has 0 aliphatic heterocycles. The molecule has 0 heterocycles. The Labute approximate surface area is 182 Å². The molecule has 0 spiro atoms. The zero-order valence-corrected chi connectivity index (χ0v) is 18.8. The van der Waals surface area contributed by atoms with E-state index in [2.05, 4.69) is 60.8 Å². The molecule has 0 saturated carbocycles. The molecule has 1 unspecified atom stereocenters. The summed E-state index contributed by atoms with van der Waals surface area (Å²) >= 11 is 0. The van der Waals surface area contributed by atoms with Crippen LogP contribution in [-0.2, 0) is 4.79 Å². The van der Waals surface area contributed by atoms with Gasteiger partial charge in [-0.3, -0.25) is 4.79 Å². The topological polar surface area (TPSA) is 38.3 Å². The number of carbonyl (C=O) groups excluding carboxylic acids is 1. The summed E-state index contributed by atoms with van der Waals surface area (Å²) < 4.78 is 5.90. The number of unbranched alkanes of at least 4 members (excludes halogenated alkanes) is 5. The highest BCUT2D eigenvalue weighted by Crippen LogP contribution is 2.20. The smallest absolute Gasteiger partial charge is 0.244 e. The number of ether oxygens (including phenoxy) is 1. The Morgan fingerprint density at radius 3 is 2.57 bits per heavy atom. The SMILES string of the molecule is CCC(C)NC(=O)C=C(C)C=CCCCCCCCOc1ccc2ccccc2c1. The van der Waals surface area contributed by atoms with E-state index in [1.54, 1.807) is 6.08 Å². The normalized spacial score (nSPS) is 13.0. The lowest BCUT2D eigenvalue weighted by Crippen LogP contribution is -2.30. The number of amides is 1. The van der Waals surface area contributed by atoms with Crippen molar-refractivity contribution in [1.29, 1.82) is 0 Å². The van der Waals surface area contributed by atoms with E-state index in [4.69, 9.17) is 4.74 Å². The molecule has 0 aliphatic rings. The van der Waals surface area contributed by atoms with Gasteiger partial charge in [0.2, 0.25) is 5.91 Å². The second kappa shape index (κ2) is 13.6. The lowest BCUT2D eigenvalue weighted by Gasteiger charge is -2.08.